The molecule has 0 spiro atoms. The van der Waals surface area contributed by atoms with E-state index in [1.165, 1.54) is 0 Å². The van der Waals surface area contributed by atoms with E-state index < -0.39 is 0 Å². The van der Waals surface area contributed by atoms with Crippen LogP contribution in [0.15, 0.2) is 30.7 Å². The lowest BCUT2D eigenvalue weighted by Gasteiger charge is -2.21. The van der Waals surface area contributed by atoms with E-state index >= 15 is 0 Å². The molecule has 3 rings (SSSR count). The highest BCUT2D eigenvalue weighted by atomic mass is 16.5. The maximum atomic E-state index is 5.64. The SMILES string of the molecule is c1cc(-c2cnc(C3CNCCO3)[nH]2)ccn1. The summed E-state index contributed by atoms with van der Waals surface area (Å²) in [6.45, 7) is 2.45. The van der Waals surface area contributed by atoms with Gasteiger partial charge in [0.2, 0.25) is 0 Å². The van der Waals surface area contributed by atoms with Gasteiger partial charge in [0.1, 0.15) is 11.9 Å². The second kappa shape index (κ2) is 4.65. The first-order valence-corrected chi connectivity index (χ1v) is 5.71. The van der Waals surface area contributed by atoms with E-state index in [1.807, 2.05) is 18.3 Å². The molecule has 0 bridgehead atoms. The van der Waals surface area contributed by atoms with Gasteiger partial charge in [-0.05, 0) is 12.1 Å². The van der Waals surface area contributed by atoms with Crippen LogP contribution in [-0.2, 0) is 4.74 Å². The van der Waals surface area contributed by atoms with Crippen LogP contribution in [-0.4, -0.2) is 34.6 Å². The van der Waals surface area contributed by atoms with Gasteiger partial charge >= 0.3 is 0 Å². The second-order valence-corrected chi connectivity index (χ2v) is 3.98. The van der Waals surface area contributed by atoms with Crippen molar-refractivity contribution in [2.75, 3.05) is 19.7 Å². The summed E-state index contributed by atoms with van der Waals surface area (Å²) >= 11 is 0. The van der Waals surface area contributed by atoms with Crippen molar-refractivity contribution in [3.63, 3.8) is 0 Å². The van der Waals surface area contributed by atoms with Crippen LogP contribution in [0.2, 0.25) is 0 Å². The van der Waals surface area contributed by atoms with Crippen LogP contribution >= 0.6 is 0 Å². The van der Waals surface area contributed by atoms with Gasteiger partial charge in [0.25, 0.3) is 0 Å². The minimum atomic E-state index is 0.0272. The van der Waals surface area contributed by atoms with Crippen LogP contribution in [0.4, 0.5) is 0 Å². The number of morpholine rings is 1. The lowest BCUT2D eigenvalue weighted by atomic mass is 10.2. The molecule has 3 heterocycles. The number of pyridine rings is 1. The smallest absolute Gasteiger partial charge is 0.137 e. The normalized spacial score (nSPS) is 20.4. The van der Waals surface area contributed by atoms with Gasteiger partial charge in [-0.15, -0.1) is 0 Å². The number of aromatic nitrogens is 3. The number of aromatic amines is 1. The number of nitrogens with zero attached hydrogens (tertiary/aromatic N) is 2. The van der Waals surface area contributed by atoms with Gasteiger partial charge in [0, 0.05) is 31.0 Å². The summed E-state index contributed by atoms with van der Waals surface area (Å²) in [4.78, 5) is 11.7. The summed E-state index contributed by atoms with van der Waals surface area (Å²) in [6.07, 6.45) is 5.41. The minimum Gasteiger partial charge on any atom is -0.368 e. The fraction of sp³-hybridized carbons (Fsp3) is 0.333. The highest BCUT2D eigenvalue weighted by Crippen LogP contribution is 2.20. The Morgan fingerprint density at radius 1 is 1.29 bits per heavy atom. The maximum absolute atomic E-state index is 5.64. The third kappa shape index (κ3) is 2.20. The van der Waals surface area contributed by atoms with Crippen LogP contribution in [0.25, 0.3) is 11.3 Å². The average molecular weight is 230 g/mol. The maximum Gasteiger partial charge on any atom is 0.137 e. The molecule has 2 aromatic rings. The molecule has 1 saturated heterocycles. The third-order valence-electron chi connectivity index (χ3n) is 2.82. The van der Waals surface area contributed by atoms with E-state index in [-0.39, 0.29) is 6.10 Å². The molecule has 2 N–H and O–H groups in total. The van der Waals surface area contributed by atoms with Crippen molar-refractivity contribution in [3.8, 4) is 11.3 Å². The molecule has 1 unspecified atom stereocenters. The van der Waals surface area contributed by atoms with Crippen molar-refractivity contribution in [2.45, 2.75) is 6.10 Å². The van der Waals surface area contributed by atoms with Gasteiger partial charge < -0.3 is 15.0 Å². The largest absolute Gasteiger partial charge is 0.368 e. The number of H-pyrrole nitrogens is 1. The first-order valence-electron chi connectivity index (χ1n) is 5.71. The molecule has 5 nitrogen and oxygen atoms in total. The van der Waals surface area contributed by atoms with Crippen LogP contribution < -0.4 is 5.32 Å². The van der Waals surface area contributed by atoms with Gasteiger partial charge in [0.05, 0.1) is 18.5 Å². The van der Waals surface area contributed by atoms with Gasteiger partial charge in [-0.25, -0.2) is 4.98 Å². The molecule has 0 aromatic carbocycles. The van der Waals surface area contributed by atoms with Crippen LogP contribution in [0.3, 0.4) is 0 Å². The zero-order valence-corrected chi connectivity index (χ0v) is 9.39. The Kier molecular flexibility index (Phi) is 2.85. The monoisotopic (exact) mass is 230 g/mol. The molecule has 0 amide bonds. The highest BCUT2D eigenvalue weighted by Gasteiger charge is 2.18. The Balaban J connectivity index is 1.83. The van der Waals surface area contributed by atoms with E-state index in [1.54, 1.807) is 12.4 Å². The molecular weight excluding hydrogens is 216 g/mol. The van der Waals surface area contributed by atoms with E-state index in [0.717, 1.165) is 36.8 Å². The van der Waals surface area contributed by atoms with Crippen molar-refractivity contribution in [3.05, 3.63) is 36.5 Å². The first kappa shape index (κ1) is 10.4. The van der Waals surface area contributed by atoms with E-state index in [0.29, 0.717) is 0 Å². The number of rotatable bonds is 2. The Morgan fingerprint density at radius 2 is 2.18 bits per heavy atom. The van der Waals surface area contributed by atoms with Crippen molar-refractivity contribution >= 4 is 0 Å². The zero-order valence-electron chi connectivity index (χ0n) is 9.39. The molecule has 1 aliphatic heterocycles. The van der Waals surface area contributed by atoms with Crippen molar-refractivity contribution in [1.29, 1.82) is 0 Å². The summed E-state index contributed by atoms with van der Waals surface area (Å²) in [5.41, 5.74) is 2.08. The Bertz CT molecular complexity index is 476. The van der Waals surface area contributed by atoms with Gasteiger partial charge in [-0.1, -0.05) is 0 Å². The zero-order chi connectivity index (χ0) is 11.5. The number of hydrogen-bond donors (Lipinski definition) is 2. The van der Waals surface area contributed by atoms with Crippen molar-refractivity contribution in [2.24, 2.45) is 0 Å². The summed E-state index contributed by atoms with van der Waals surface area (Å²) in [5.74, 6) is 0.879. The highest BCUT2D eigenvalue weighted by molar-refractivity contribution is 5.57. The third-order valence-corrected chi connectivity index (χ3v) is 2.82. The lowest BCUT2D eigenvalue weighted by Crippen LogP contribution is -2.33. The molecule has 0 aliphatic carbocycles. The lowest BCUT2D eigenvalue weighted by molar-refractivity contribution is 0.0227. The molecule has 0 saturated carbocycles. The molecule has 17 heavy (non-hydrogen) atoms. The standard InChI is InChI=1S/C12H14N4O/c1-3-13-4-2-9(1)10-7-15-12(16-10)11-8-14-5-6-17-11/h1-4,7,11,14H,5-6,8H2,(H,15,16). The average Bonchev–Trinajstić information content (AvgIpc) is 2.90. The summed E-state index contributed by atoms with van der Waals surface area (Å²) in [5, 5.41) is 3.29. The topological polar surface area (TPSA) is 62.8 Å². The number of ether oxygens (including phenoxy) is 1. The number of nitrogens with one attached hydrogen (secondary N) is 2. The Labute approximate surface area is 99.3 Å². The summed E-state index contributed by atoms with van der Waals surface area (Å²) < 4.78 is 5.64. The van der Waals surface area contributed by atoms with Gasteiger partial charge in [-0.3, -0.25) is 4.98 Å². The van der Waals surface area contributed by atoms with Crippen molar-refractivity contribution in [1.82, 2.24) is 20.3 Å². The van der Waals surface area contributed by atoms with Gasteiger partial charge in [0.15, 0.2) is 0 Å². The Morgan fingerprint density at radius 3 is 2.94 bits per heavy atom. The molecule has 2 aromatic heterocycles. The number of imidazole rings is 1. The first-order chi connectivity index (χ1) is 8.43. The second-order valence-electron chi connectivity index (χ2n) is 3.98. The fourth-order valence-electron chi connectivity index (χ4n) is 1.92. The molecule has 1 atom stereocenters. The molecule has 1 fully saturated rings. The van der Waals surface area contributed by atoms with E-state index in [2.05, 4.69) is 20.3 Å². The van der Waals surface area contributed by atoms with Crippen LogP contribution in [0, 0.1) is 0 Å². The van der Waals surface area contributed by atoms with E-state index in [4.69, 9.17) is 4.74 Å². The van der Waals surface area contributed by atoms with Crippen molar-refractivity contribution < 1.29 is 4.74 Å². The predicted molar refractivity (Wildman–Crippen MR) is 63.4 cm³/mol. The predicted octanol–water partition coefficient (Wildman–Crippen LogP) is 1.13. The van der Waals surface area contributed by atoms with Crippen LogP contribution in [0.5, 0.6) is 0 Å². The summed E-state index contributed by atoms with van der Waals surface area (Å²) in [7, 11) is 0. The fourth-order valence-corrected chi connectivity index (χ4v) is 1.92. The molecule has 0 radical (unpaired) electrons. The van der Waals surface area contributed by atoms with Crippen LogP contribution in [0.1, 0.15) is 11.9 Å². The number of hydrogen-bond acceptors (Lipinski definition) is 4. The van der Waals surface area contributed by atoms with E-state index in [9.17, 15) is 0 Å². The van der Waals surface area contributed by atoms with Gasteiger partial charge in [-0.2, -0.15) is 0 Å². The molecule has 1 aliphatic rings. The minimum absolute atomic E-state index is 0.0272. The summed E-state index contributed by atoms with van der Waals surface area (Å²) in [6, 6.07) is 3.91. The molecule has 88 valence electrons. The molecule has 5 heteroatoms. The molecular formula is C12H14N4O. The quantitative estimate of drug-likeness (QED) is 0.812. The Hall–Kier alpha value is -1.72.